The molecule has 1 saturated heterocycles. The van der Waals surface area contributed by atoms with Crippen molar-refractivity contribution in [2.45, 2.75) is 33.6 Å². The maximum Gasteiger partial charge on any atom is 0.254 e. The van der Waals surface area contributed by atoms with Crippen LogP contribution in [0.4, 0.5) is 11.6 Å². The van der Waals surface area contributed by atoms with Crippen molar-refractivity contribution in [3.05, 3.63) is 23.5 Å². The largest absolute Gasteiger partial charge is 0.311 e. The van der Waals surface area contributed by atoms with Gasteiger partial charge in [0.15, 0.2) is 0 Å². The zero-order valence-corrected chi connectivity index (χ0v) is 13.3. The molecular weight excluding hydrogens is 296 g/mol. The summed E-state index contributed by atoms with van der Waals surface area (Å²) >= 11 is 0. The van der Waals surface area contributed by atoms with Crippen LogP contribution in [0.2, 0.25) is 0 Å². The molecule has 1 aliphatic rings. The lowest BCUT2D eigenvalue weighted by atomic mass is 10.4. The molecule has 1 aliphatic heterocycles. The van der Waals surface area contributed by atoms with E-state index in [1.165, 1.54) is 6.92 Å². The molecule has 0 aromatic carbocycles. The Morgan fingerprint density at radius 3 is 2.61 bits per heavy atom. The van der Waals surface area contributed by atoms with Crippen LogP contribution in [0.3, 0.4) is 0 Å². The second-order valence-electron chi connectivity index (χ2n) is 5.58. The molecule has 23 heavy (non-hydrogen) atoms. The Labute approximate surface area is 133 Å². The number of carbonyl (C=O) groups excluding carboxylic acids is 2. The average Bonchev–Trinajstić information content (AvgIpc) is 3.03. The zero-order valence-electron chi connectivity index (χ0n) is 13.3. The average molecular weight is 314 g/mol. The SMILES string of the molecule is CC(=O)Nc1cc(N2CCCC2=O)nc(-n2nc(C)cc2C)n1. The normalized spacial score (nSPS) is 14.4. The van der Waals surface area contributed by atoms with E-state index in [9.17, 15) is 9.59 Å². The molecule has 1 fully saturated rings. The van der Waals surface area contributed by atoms with E-state index in [1.807, 2.05) is 19.9 Å². The molecule has 0 aliphatic carbocycles. The first-order valence-corrected chi connectivity index (χ1v) is 7.45. The van der Waals surface area contributed by atoms with Gasteiger partial charge in [-0.15, -0.1) is 0 Å². The molecule has 8 heteroatoms. The van der Waals surface area contributed by atoms with Crippen LogP contribution in [0, 0.1) is 13.8 Å². The molecule has 0 radical (unpaired) electrons. The molecule has 2 amide bonds. The number of anilines is 2. The number of carbonyl (C=O) groups is 2. The molecule has 0 saturated carbocycles. The van der Waals surface area contributed by atoms with E-state index in [-0.39, 0.29) is 11.8 Å². The van der Waals surface area contributed by atoms with Gasteiger partial charge in [0.1, 0.15) is 11.6 Å². The highest BCUT2D eigenvalue weighted by molar-refractivity contribution is 5.95. The fourth-order valence-electron chi connectivity index (χ4n) is 2.62. The summed E-state index contributed by atoms with van der Waals surface area (Å²) in [5.74, 6) is 0.952. The zero-order chi connectivity index (χ0) is 16.6. The van der Waals surface area contributed by atoms with Crippen molar-refractivity contribution in [2.75, 3.05) is 16.8 Å². The number of nitrogens with zero attached hydrogens (tertiary/aromatic N) is 5. The topological polar surface area (TPSA) is 93.0 Å². The van der Waals surface area contributed by atoms with E-state index in [2.05, 4.69) is 20.4 Å². The number of aryl methyl sites for hydroxylation is 2. The summed E-state index contributed by atoms with van der Waals surface area (Å²) in [7, 11) is 0. The van der Waals surface area contributed by atoms with Gasteiger partial charge in [-0.25, -0.2) is 4.68 Å². The highest BCUT2D eigenvalue weighted by Gasteiger charge is 2.24. The summed E-state index contributed by atoms with van der Waals surface area (Å²) in [6, 6.07) is 3.52. The predicted octanol–water partition coefficient (Wildman–Crippen LogP) is 1.36. The van der Waals surface area contributed by atoms with Gasteiger partial charge in [0.25, 0.3) is 5.95 Å². The minimum atomic E-state index is -0.235. The van der Waals surface area contributed by atoms with Gasteiger partial charge in [-0.2, -0.15) is 15.1 Å². The van der Waals surface area contributed by atoms with Crippen molar-refractivity contribution in [2.24, 2.45) is 0 Å². The second kappa shape index (κ2) is 5.79. The maximum absolute atomic E-state index is 12.0. The van der Waals surface area contributed by atoms with E-state index >= 15 is 0 Å². The van der Waals surface area contributed by atoms with Gasteiger partial charge in [-0.3, -0.25) is 14.5 Å². The first-order valence-electron chi connectivity index (χ1n) is 7.45. The minimum absolute atomic E-state index is 0.0248. The number of amides is 2. The molecule has 8 nitrogen and oxygen atoms in total. The van der Waals surface area contributed by atoms with Gasteiger partial charge in [0, 0.05) is 31.6 Å². The standard InChI is InChI=1S/C15H18N6O2/c1-9-7-10(2)21(19-9)15-17-12(16-11(3)22)8-13(18-15)20-6-4-5-14(20)23/h7-8H,4-6H2,1-3H3,(H,16,17,18,22). The number of rotatable bonds is 3. The van der Waals surface area contributed by atoms with Gasteiger partial charge in [-0.05, 0) is 26.3 Å². The smallest absolute Gasteiger partial charge is 0.254 e. The summed E-state index contributed by atoms with van der Waals surface area (Å²) in [6.45, 7) is 5.80. The van der Waals surface area contributed by atoms with Gasteiger partial charge in [0.2, 0.25) is 11.8 Å². The highest BCUT2D eigenvalue weighted by Crippen LogP contribution is 2.23. The van der Waals surface area contributed by atoms with Crippen molar-refractivity contribution >= 4 is 23.5 Å². The van der Waals surface area contributed by atoms with E-state index in [0.29, 0.717) is 30.5 Å². The summed E-state index contributed by atoms with van der Waals surface area (Å²) in [5.41, 5.74) is 1.72. The molecule has 1 N–H and O–H groups in total. The Balaban J connectivity index is 2.09. The number of hydrogen-bond donors (Lipinski definition) is 1. The lowest BCUT2D eigenvalue weighted by Crippen LogP contribution is -2.26. The van der Waals surface area contributed by atoms with E-state index in [1.54, 1.807) is 15.6 Å². The van der Waals surface area contributed by atoms with Crippen LogP contribution in [0.5, 0.6) is 0 Å². The van der Waals surface area contributed by atoms with Crippen molar-refractivity contribution in [1.82, 2.24) is 19.7 Å². The van der Waals surface area contributed by atoms with Crippen LogP contribution in [-0.2, 0) is 9.59 Å². The van der Waals surface area contributed by atoms with E-state index < -0.39 is 0 Å². The van der Waals surface area contributed by atoms with Crippen LogP contribution < -0.4 is 10.2 Å². The first-order chi connectivity index (χ1) is 10.9. The molecule has 3 rings (SSSR count). The summed E-state index contributed by atoms with van der Waals surface area (Å²) in [6.07, 6.45) is 1.31. The Morgan fingerprint density at radius 1 is 1.26 bits per heavy atom. The summed E-state index contributed by atoms with van der Waals surface area (Å²) in [5, 5.41) is 7.01. The van der Waals surface area contributed by atoms with E-state index in [4.69, 9.17) is 0 Å². The van der Waals surface area contributed by atoms with Crippen LogP contribution >= 0.6 is 0 Å². The molecule has 2 aromatic heterocycles. The lowest BCUT2D eigenvalue weighted by Gasteiger charge is -2.16. The molecule has 0 bridgehead atoms. The summed E-state index contributed by atoms with van der Waals surface area (Å²) < 4.78 is 1.60. The Morgan fingerprint density at radius 2 is 2.04 bits per heavy atom. The van der Waals surface area contributed by atoms with Crippen LogP contribution in [-0.4, -0.2) is 38.1 Å². The van der Waals surface area contributed by atoms with Crippen LogP contribution in [0.1, 0.15) is 31.2 Å². The number of nitrogens with one attached hydrogen (secondary N) is 1. The molecule has 3 heterocycles. The molecule has 0 spiro atoms. The van der Waals surface area contributed by atoms with Crippen LogP contribution in [0.25, 0.3) is 5.95 Å². The van der Waals surface area contributed by atoms with Gasteiger partial charge in [-0.1, -0.05) is 0 Å². The van der Waals surface area contributed by atoms with Gasteiger partial charge in [0.05, 0.1) is 5.69 Å². The minimum Gasteiger partial charge on any atom is -0.311 e. The molecule has 0 unspecified atom stereocenters. The maximum atomic E-state index is 12.0. The Bertz CT molecular complexity index is 782. The number of hydrogen-bond acceptors (Lipinski definition) is 5. The third kappa shape index (κ3) is 3.05. The predicted molar refractivity (Wildman–Crippen MR) is 84.5 cm³/mol. The van der Waals surface area contributed by atoms with Crippen molar-refractivity contribution in [1.29, 1.82) is 0 Å². The molecule has 2 aromatic rings. The van der Waals surface area contributed by atoms with Crippen molar-refractivity contribution in [3.8, 4) is 5.95 Å². The second-order valence-corrected chi connectivity index (χ2v) is 5.58. The first kappa shape index (κ1) is 15.1. The summed E-state index contributed by atoms with van der Waals surface area (Å²) in [4.78, 5) is 33.7. The third-order valence-corrected chi connectivity index (χ3v) is 3.55. The van der Waals surface area contributed by atoms with E-state index in [0.717, 1.165) is 17.8 Å². The fraction of sp³-hybridized carbons (Fsp3) is 0.400. The Hall–Kier alpha value is -2.77. The monoisotopic (exact) mass is 314 g/mol. The lowest BCUT2D eigenvalue weighted by molar-refractivity contribution is -0.117. The number of aromatic nitrogens is 4. The fourth-order valence-corrected chi connectivity index (χ4v) is 2.62. The quantitative estimate of drug-likeness (QED) is 0.923. The van der Waals surface area contributed by atoms with Crippen molar-refractivity contribution in [3.63, 3.8) is 0 Å². The van der Waals surface area contributed by atoms with Crippen LogP contribution in [0.15, 0.2) is 12.1 Å². The van der Waals surface area contributed by atoms with Gasteiger partial charge < -0.3 is 5.32 Å². The Kier molecular flexibility index (Phi) is 3.81. The molecule has 0 atom stereocenters. The van der Waals surface area contributed by atoms with Crippen molar-refractivity contribution < 1.29 is 9.59 Å². The highest BCUT2D eigenvalue weighted by atomic mass is 16.2. The third-order valence-electron chi connectivity index (χ3n) is 3.55. The molecule has 120 valence electrons. The molecular formula is C15H18N6O2. The van der Waals surface area contributed by atoms with Gasteiger partial charge >= 0.3 is 0 Å².